The molecule has 0 heterocycles. The molecular formula is C23H24F2O3. The zero-order valence-electron chi connectivity index (χ0n) is 16.2. The number of allylic oxidation sites excluding steroid dienone is 1. The lowest BCUT2D eigenvalue weighted by molar-refractivity contribution is -0.191. The maximum absolute atomic E-state index is 14.1. The van der Waals surface area contributed by atoms with Gasteiger partial charge in [-0.15, -0.1) is 0 Å². The number of aryl methyl sites for hydroxylation is 2. The molecule has 2 aromatic rings. The molecular weight excluding hydrogens is 362 g/mol. The van der Waals surface area contributed by atoms with Gasteiger partial charge in [-0.2, -0.15) is 9.59 Å². The van der Waals surface area contributed by atoms with Gasteiger partial charge in [0.15, 0.2) is 17.4 Å². The normalized spacial score (nSPS) is 13.0. The summed E-state index contributed by atoms with van der Waals surface area (Å²) in [5, 5.41) is 0. The van der Waals surface area contributed by atoms with E-state index in [1.165, 1.54) is 28.8 Å². The summed E-state index contributed by atoms with van der Waals surface area (Å²) < 4.78 is 33.7. The first-order chi connectivity index (χ1) is 13.5. The summed E-state index contributed by atoms with van der Waals surface area (Å²) in [5.41, 5.74) is 5.53. The van der Waals surface area contributed by atoms with Crippen LogP contribution in [0.15, 0.2) is 42.0 Å². The fourth-order valence-corrected chi connectivity index (χ4v) is 3.37. The Morgan fingerprint density at radius 2 is 1.50 bits per heavy atom. The van der Waals surface area contributed by atoms with Gasteiger partial charge in [0.1, 0.15) is 6.61 Å². The fourth-order valence-electron chi connectivity index (χ4n) is 3.37. The van der Waals surface area contributed by atoms with E-state index in [0.717, 1.165) is 31.3 Å². The second kappa shape index (κ2) is 10.5. The Balaban J connectivity index is 0.000000878. The number of halogens is 2. The van der Waals surface area contributed by atoms with Crippen molar-refractivity contribution in [2.24, 2.45) is 0 Å². The van der Waals surface area contributed by atoms with E-state index >= 15 is 0 Å². The SMILES string of the molecule is CCc1ccc(C2=C(COc3c(F)cc(CC)cc3F)CCC2)cc1.O=C=O. The summed E-state index contributed by atoms with van der Waals surface area (Å²) in [6.07, 6.45) is 4.83. The minimum Gasteiger partial charge on any atom is -0.483 e. The van der Waals surface area contributed by atoms with Crippen LogP contribution < -0.4 is 4.74 Å². The molecule has 3 rings (SSSR count). The molecule has 0 N–H and O–H groups in total. The summed E-state index contributed by atoms with van der Waals surface area (Å²) in [5.74, 6) is -1.51. The standard InChI is InChI=1S/C22H24F2O.CO2/c1-3-15-8-10-17(11-9-15)19-7-5-6-18(19)14-25-22-20(23)12-16(4-2)13-21(22)24;2-1-3/h8-13H,3-7,14H2,1-2H3;. The number of ether oxygens (including phenoxy) is 1. The van der Waals surface area contributed by atoms with E-state index in [1.807, 2.05) is 6.92 Å². The molecule has 0 amide bonds. The number of hydrogen-bond acceptors (Lipinski definition) is 3. The molecule has 0 saturated heterocycles. The number of hydrogen-bond donors (Lipinski definition) is 0. The van der Waals surface area contributed by atoms with Gasteiger partial charge in [-0.05, 0) is 72.1 Å². The molecule has 0 aromatic heterocycles. The van der Waals surface area contributed by atoms with Crippen molar-refractivity contribution < 1.29 is 23.1 Å². The molecule has 0 atom stereocenters. The summed E-state index contributed by atoms with van der Waals surface area (Å²) in [6, 6.07) is 11.3. The van der Waals surface area contributed by atoms with Crippen LogP contribution in [0.5, 0.6) is 5.75 Å². The second-order valence-electron chi connectivity index (χ2n) is 6.60. The maximum Gasteiger partial charge on any atom is 0.373 e. The molecule has 0 spiro atoms. The van der Waals surface area contributed by atoms with Crippen molar-refractivity contribution in [2.45, 2.75) is 46.0 Å². The first kappa shape index (κ1) is 21.5. The van der Waals surface area contributed by atoms with Gasteiger partial charge in [0.05, 0.1) is 0 Å². The fraction of sp³-hybridized carbons (Fsp3) is 0.348. The largest absolute Gasteiger partial charge is 0.483 e. The van der Waals surface area contributed by atoms with Gasteiger partial charge < -0.3 is 4.74 Å². The van der Waals surface area contributed by atoms with Crippen LogP contribution >= 0.6 is 0 Å². The van der Waals surface area contributed by atoms with Gasteiger partial charge in [-0.3, -0.25) is 0 Å². The highest BCUT2D eigenvalue weighted by Gasteiger charge is 2.19. The molecule has 5 heteroatoms. The zero-order valence-corrected chi connectivity index (χ0v) is 16.2. The van der Waals surface area contributed by atoms with E-state index in [1.54, 1.807) is 0 Å². The van der Waals surface area contributed by atoms with Crippen molar-refractivity contribution >= 4 is 11.7 Å². The summed E-state index contributed by atoms with van der Waals surface area (Å²) in [4.78, 5) is 16.2. The maximum atomic E-state index is 14.1. The van der Waals surface area contributed by atoms with Crippen LogP contribution in [-0.4, -0.2) is 12.8 Å². The van der Waals surface area contributed by atoms with Gasteiger partial charge in [0.2, 0.25) is 0 Å². The van der Waals surface area contributed by atoms with Crippen LogP contribution in [0.25, 0.3) is 5.57 Å². The topological polar surface area (TPSA) is 43.4 Å². The van der Waals surface area contributed by atoms with Crippen molar-refractivity contribution in [3.8, 4) is 5.75 Å². The van der Waals surface area contributed by atoms with Gasteiger partial charge in [-0.25, -0.2) is 8.78 Å². The van der Waals surface area contributed by atoms with Crippen molar-refractivity contribution in [1.29, 1.82) is 0 Å². The summed E-state index contributed by atoms with van der Waals surface area (Å²) in [6.45, 7) is 4.24. The van der Waals surface area contributed by atoms with Crippen LogP contribution in [0, 0.1) is 11.6 Å². The van der Waals surface area contributed by atoms with E-state index < -0.39 is 11.6 Å². The molecule has 0 radical (unpaired) electrons. The Bertz CT molecular complexity index is 841. The summed E-state index contributed by atoms with van der Waals surface area (Å²) >= 11 is 0. The molecule has 1 aliphatic carbocycles. The molecule has 0 saturated carbocycles. The van der Waals surface area contributed by atoms with Crippen LogP contribution in [0.1, 0.15) is 49.8 Å². The quantitative estimate of drug-likeness (QED) is 0.656. The van der Waals surface area contributed by atoms with E-state index in [-0.39, 0.29) is 18.5 Å². The average molecular weight is 386 g/mol. The van der Waals surface area contributed by atoms with E-state index in [2.05, 4.69) is 31.2 Å². The monoisotopic (exact) mass is 386 g/mol. The number of rotatable bonds is 6. The number of benzene rings is 2. The van der Waals surface area contributed by atoms with Crippen LogP contribution in [-0.2, 0) is 22.4 Å². The van der Waals surface area contributed by atoms with Crippen LogP contribution in [0.3, 0.4) is 0 Å². The lowest BCUT2D eigenvalue weighted by Crippen LogP contribution is -2.05. The molecule has 0 unspecified atom stereocenters. The molecule has 3 nitrogen and oxygen atoms in total. The van der Waals surface area contributed by atoms with E-state index in [4.69, 9.17) is 14.3 Å². The lowest BCUT2D eigenvalue weighted by atomic mass is 10.0. The zero-order chi connectivity index (χ0) is 20.5. The number of carbonyl (C=O) groups excluding carboxylic acids is 2. The van der Waals surface area contributed by atoms with Gasteiger partial charge in [0, 0.05) is 0 Å². The first-order valence-corrected chi connectivity index (χ1v) is 9.44. The van der Waals surface area contributed by atoms with Crippen molar-refractivity contribution in [3.63, 3.8) is 0 Å². The Labute approximate surface area is 164 Å². The smallest absolute Gasteiger partial charge is 0.373 e. The third-order valence-corrected chi connectivity index (χ3v) is 4.90. The highest BCUT2D eigenvalue weighted by molar-refractivity contribution is 5.71. The predicted molar refractivity (Wildman–Crippen MR) is 103 cm³/mol. The third kappa shape index (κ3) is 5.37. The van der Waals surface area contributed by atoms with E-state index in [0.29, 0.717) is 12.0 Å². The predicted octanol–water partition coefficient (Wildman–Crippen LogP) is 5.52. The molecule has 0 aliphatic heterocycles. The van der Waals surface area contributed by atoms with Crippen molar-refractivity contribution in [2.75, 3.05) is 6.61 Å². The molecule has 0 bridgehead atoms. The van der Waals surface area contributed by atoms with Crippen LogP contribution in [0.2, 0.25) is 0 Å². The molecule has 1 aliphatic rings. The Hall–Kier alpha value is -2.78. The highest BCUT2D eigenvalue weighted by Crippen LogP contribution is 2.35. The molecule has 2 aromatic carbocycles. The van der Waals surface area contributed by atoms with Gasteiger partial charge >= 0.3 is 6.15 Å². The molecule has 148 valence electrons. The third-order valence-electron chi connectivity index (χ3n) is 4.90. The summed E-state index contributed by atoms with van der Waals surface area (Å²) in [7, 11) is 0. The molecule has 0 fully saturated rings. The Morgan fingerprint density at radius 1 is 0.929 bits per heavy atom. The van der Waals surface area contributed by atoms with E-state index in [9.17, 15) is 8.78 Å². The minimum atomic E-state index is -0.621. The lowest BCUT2D eigenvalue weighted by Gasteiger charge is -2.12. The van der Waals surface area contributed by atoms with Gasteiger partial charge in [-0.1, -0.05) is 38.1 Å². The Morgan fingerprint density at radius 3 is 2.04 bits per heavy atom. The highest BCUT2D eigenvalue weighted by atomic mass is 19.1. The van der Waals surface area contributed by atoms with Crippen LogP contribution in [0.4, 0.5) is 8.78 Å². The minimum absolute atomic E-state index is 0.240. The van der Waals surface area contributed by atoms with Crippen molar-refractivity contribution in [1.82, 2.24) is 0 Å². The first-order valence-electron chi connectivity index (χ1n) is 9.44. The molecule has 28 heavy (non-hydrogen) atoms. The Kier molecular flexibility index (Phi) is 8.09. The average Bonchev–Trinajstić information content (AvgIpc) is 3.16. The second-order valence-corrected chi connectivity index (χ2v) is 6.60. The van der Waals surface area contributed by atoms with Crippen molar-refractivity contribution in [3.05, 3.63) is 70.3 Å². The van der Waals surface area contributed by atoms with Gasteiger partial charge in [0.25, 0.3) is 0 Å².